The van der Waals surface area contributed by atoms with E-state index in [1.807, 2.05) is 24.3 Å². The van der Waals surface area contributed by atoms with Gasteiger partial charge in [0.05, 0.1) is 11.9 Å². The summed E-state index contributed by atoms with van der Waals surface area (Å²) in [6.07, 6.45) is 1.05. The number of nitrogens with zero attached hydrogens (tertiary/aromatic N) is 4. The van der Waals surface area contributed by atoms with Crippen LogP contribution in [0, 0.1) is 6.92 Å². The number of rotatable bonds is 6. The largest absolute Gasteiger partial charge is 0.443 e. The van der Waals surface area contributed by atoms with Gasteiger partial charge >= 0.3 is 0 Å². The second-order valence-electron chi connectivity index (χ2n) is 7.38. The second kappa shape index (κ2) is 8.55. The number of amides is 1. The lowest BCUT2D eigenvalue weighted by molar-refractivity contribution is -0.133. The topological polar surface area (TPSA) is 64.2 Å². The predicted molar refractivity (Wildman–Crippen MR) is 106 cm³/mol. The highest BCUT2D eigenvalue weighted by molar-refractivity contribution is 6.30. The average molecular weight is 435 g/mol. The molecule has 0 unspecified atom stereocenters. The molecule has 9 heteroatoms. The summed E-state index contributed by atoms with van der Waals surface area (Å²) in [7, 11) is 0. The second-order valence-corrected chi connectivity index (χ2v) is 7.82. The number of carbonyl (C=O) groups is 1. The van der Waals surface area contributed by atoms with E-state index in [0.717, 1.165) is 16.7 Å². The van der Waals surface area contributed by atoms with Crippen LogP contribution in [0.1, 0.15) is 53.9 Å². The zero-order valence-corrected chi connectivity index (χ0v) is 17.1. The molecule has 6 nitrogen and oxygen atoms in total. The third-order valence-electron chi connectivity index (χ3n) is 5.16. The van der Waals surface area contributed by atoms with E-state index in [9.17, 15) is 13.6 Å². The minimum absolute atomic E-state index is 0.234. The van der Waals surface area contributed by atoms with Crippen molar-refractivity contribution in [1.29, 1.82) is 0 Å². The van der Waals surface area contributed by atoms with Gasteiger partial charge in [-0.1, -0.05) is 23.7 Å². The first kappa shape index (κ1) is 20.5. The quantitative estimate of drug-likeness (QED) is 0.563. The van der Waals surface area contributed by atoms with Gasteiger partial charge in [0.2, 0.25) is 11.8 Å². The highest BCUT2D eigenvalue weighted by Crippen LogP contribution is 2.32. The van der Waals surface area contributed by atoms with Gasteiger partial charge in [0.15, 0.2) is 0 Å². The van der Waals surface area contributed by atoms with Crippen LogP contribution in [0.25, 0.3) is 0 Å². The summed E-state index contributed by atoms with van der Waals surface area (Å²) in [5.74, 6) is 0.879. The monoisotopic (exact) mass is 434 g/mol. The smallest absolute Gasteiger partial charge is 0.280 e. The summed E-state index contributed by atoms with van der Waals surface area (Å²) in [5.41, 5.74) is 1.24. The fraction of sp³-hybridized carbons (Fsp3) is 0.381. The molecule has 0 aliphatic carbocycles. The van der Waals surface area contributed by atoms with Gasteiger partial charge in [-0.15, -0.1) is 0 Å². The fourth-order valence-electron chi connectivity index (χ4n) is 3.77. The molecule has 1 aliphatic heterocycles. The number of hydrogen-bond acceptors (Lipinski definition) is 4. The van der Waals surface area contributed by atoms with Crippen molar-refractivity contribution < 1.29 is 18.0 Å². The predicted octanol–water partition coefficient (Wildman–Crippen LogP) is 4.73. The van der Waals surface area contributed by atoms with Gasteiger partial charge < -0.3 is 9.32 Å². The van der Waals surface area contributed by atoms with Crippen LogP contribution in [0.3, 0.4) is 0 Å². The SMILES string of the molecule is Cc1cc(C(F)F)n(CC(=O)N2CCC[C@@H]2c2ncc(Cc3ccc(Cl)cc3)o2)n1. The van der Waals surface area contributed by atoms with Gasteiger partial charge in [-0.05, 0) is 43.5 Å². The molecule has 0 saturated carbocycles. The number of hydrogen-bond donors (Lipinski definition) is 0. The highest BCUT2D eigenvalue weighted by Gasteiger charge is 2.34. The number of aryl methyl sites for hydroxylation is 1. The Balaban J connectivity index is 1.46. The van der Waals surface area contributed by atoms with Crippen LogP contribution in [-0.2, 0) is 17.8 Å². The van der Waals surface area contributed by atoms with Crippen LogP contribution in [-0.4, -0.2) is 32.1 Å². The Bertz CT molecular complexity index is 1030. The lowest BCUT2D eigenvalue weighted by Crippen LogP contribution is -2.34. The van der Waals surface area contributed by atoms with E-state index in [-0.39, 0.29) is 24.2 Å². The molecular formula is C21H21ClF2N4O2. The Hall–Kier alpha value is -2.74. The van der Waals surface area contributed by atoms with Crippen LogP contribution in [0.5, 0.6) is 0 Å². The molecule has 1 saturated heterocycles. The van der Waals surface area contributed by atoms with Gasteiger partial charge in [-0.3, -0.25) is 9.48 Å². The van der Waals surface area contributed by atoms with Gasteiger partial charge in [0.25, 0.3) is 6.43 Å². The zero-order valence-electron chi connectivity index (χ0n) is 16.4. The number of alkyl halides is 2. The number of likely N-dealkylation sites (tertiary alicyclic amines) is 1. The standard InChI is InChI=1S/C21H21ClF2N4O2/c1-13-9-18(20(23)24)28(26-13)12-19(29)27-8-2-3-17(27)21-25-11-16(30-21)10-14-4-6-15(22)7-5-14/h4-7,9,11,17,20H,2-3,8,10,12H2,1H3/t17-/m1/s1. The first-order valence-corrected chi connectivity index (χ1v) is 10.1. The molecule has 0 spiro atoms. The summed E-state index contributed by atoms with van der Waals surface area (Å²) in [4.78, 5) is 18.9. The Kier molecular flexibility index (Phi) is 5.85. The molecule has 0 radical (unpaired) electrons. The van der Waals surface area contributed by atoms with Crippen molar-refractivity contribution in [3.05, 3.63) is 70.2 Å². The highest BCUT2D eigenvalue weighted by atomic mass is 35.5. The van der Waals surface area contributed by atoms with Crippen LogP contribution < -0.4 is 0 Å². The summed E-state index contributed by atoms with van der Waals surface area (Å²) in [5, 5.41) is 4.71. The number of carbonyl (C=O) groups excluding carboxylic acids is 1. The van der Waals surface area contributed by atoms with Gasteiger partial charge in [-0.2, -0.15) is 5.10 Å². The Morgan fingerprint density at radius 1 is 1.33 bits per heavy atom. The number of halogens is 3. The van der Waals surface area contributed by atoms with Crippen molar-refractivity contribution in [2.24, 2.45) is 0 Å². The van der Waals surface area contributed by atoms with Crippen molar-refractivity contribution >= 4 is 17.5 Å². The molecule has 2 aromatic heterocycles. The maximum Gasteiger partial charge on any atom is 0.280 e. The summed E-state index contributed by atoms with van der Waals surface area (Å²) < 4.78 is 33.4. The van der Waals surface area contributed by atoms with Gasteiger partial charge in [0.1, 0.15) is 24.0 Å². The number of oxazole rings is 1. The minimum atomic E-state index is -2.68. The van der Waals surface area contributed by atoms with E-state index in [4.69, 9.17) is 16.0 Å². The van der Waals surface area contributed by atoms with Gasteiger partial charge in [-0.25, -0.2) is 13.8 Å². The molecule has 3 heterocycles. The molecular weight excluding hydrogens is 414 g/mol. The molecule has 1 fully saturated rings. The van der Waals surface area contributed by atoms with E-state index in [0.29, 0.717) is 41.8 Å². The first-order valence-electron chi connectivity index (χ1n) is 9.71. The maximum atomic E-state index is 13.2. The molecule has 0 bridgehead atoms. The van der Waals surface area contributed by atoms with E-state index >= 15 is 0 Å². The van der Waals surface area contributed by atoms with E-state index in [2.05, 4.69) is 10.1 Å². The minimum Gasteiger partial charge on any atom is -0.443 e. The van der Waals surface area contributed by atoms with E-state index in [1.54, 1.807) is 18.0 Å². The van der Waals surface area contributed by atoms with Crippen molar-refractivity contribution in [2.75, 3.05) is 6.54 Å². The molecule has 158 valence electrons. The first-order chi connectivity index (χ1) is 14.4. The third kappa shape index (κ3) is 4.38. The summed E-state index contributed by atoms with van der Waals surface area (Å²) in [6, 6.07) is 8.47. The van der Waals surface area contributed by atoms with Crippen molar-refractivity contribution in [2.45, 2.75) is 45.2 Å². The Morgan fingerprint density at radius 2 is 2.10 bits per heavy atom. The zero-order chi connectivity index (χ0) is 21.3. The lowest BCUT2D eigenvalue weighted by atomic mass is 10.1. The van der Waals surface area contributed by atoms with Crippen LogP contribution in [0.15, 0.2) is 40.9 Å². The molecule has 30 heavy (non-hydrogen) atoms. The lowest BCUT2D eigenvalue weighted by Gasteiger charge is -2.22. The third-order valence-corrected chi connectivity index (χ3v) is 5.42. The van der Waals surface area contributed by atoms with Gasteiger partial charge in [0, 0.05) is 18.0 Å². The fourth-order valence-corrected chi connectivity index (χ4v) is 3.90. The summed E-state index contributed by atoms with van der Waals surface area (Å²) in [6.45, 7) is 1.92. The number of benzene rings is 1. The number of aromatic nitrogens is 3. The van der Waals surface area contributed by atoms with E-state index < -0.39 is 6.43 Å². The van der Waals surface area contributed by atoms with Crippen molar-refractivity contribution in [3.8, 4) is 0 Å². The molecule has 1 aliphatic rings. The molecule has 1 aromatic carbocycles. The maximum absolute atomic E-state index is 13.2. The molecule has 3 aromatic rings. The Labute approximate surface area is 177 Å². The van der Waals surface area contributed by atoms with Crippen LogP contribution in [0.4, 0.5) is 8.78 Å². The van der Waals surface area contributed by atoms with Crippen LogP contribution >= 0.6 is 11.6 Å². The average Bonchev–Trinajstić information content (AvgIpc) is 3.43. The van der Waals surface area contributed by atoms with Crippen molar-refractivity contribution in [1.82, 2.24) is 19.7 Å². The molecule has 1 atom stereocenters. The van der Waals surface area contributed by atoms with Crippen molar-refractivity contribution in [3.63, 3.8) is 0 Å². The van der Waals surface area contributed by atoms with Crippen LogP contribution in [0.2, 0.25) is 5.02 Å². The molecule has 0 N–H and O–H groups in total. The van der Waals surface area contributed by atoms with E-state index in [1.165, 1.54) is 6.07 Å². The molecule has 4 rings (SSSR count). The Morgan fingerprint density at radius 3 is 2.83 bits per heavy atom. The normalized spacial score (nSPS) is 16.6. The molecule has 1 amide bonds. The summed E-state index contributed by atoms with van der Waals surface area (Å²) >= 11 is 5.92.